The minimum atomic E-state index is 0.257. The Labute approximate surface area is 127 Å². The van der Waals surface area contributed by atoms with Gasteiger partial charge in [-0.25, -0.2) is 0 Å². The van der Waals surface area contributed by atoms with Crippen LogP contribution < -0.4 is 9.47 Å². The second-order valence-electron chi connectivity index (χ2n) is 5.28. The van der Waals surface area contributed by atoms with E-state index in [2.05, 4.69) is 26.0 Å². The summed E-state index contributed by atoms with van der Waals surface area (Å²) in [4.78, 5) is 0. The molecule has 116 valence electrons. The summed E-state index contributed by atoms with van der Waals surface area (Å²) in [6.07, 6.45) is 8.17. The average molecular weight is 290 g/mol. The molecule has 1 N–H and O–H groups in total. The second-order valence-corrected chi connectivity index (χ2v) is 5.28. The van der Waals surface area contributed by atoms with Gasteiger partial charge in [0.25, 0.3) is 0 Å². The van der Waals surface area contributed by atoms with Gasteiger partial charge in [0.2, 0.25) is 0 Å². The Morgan fingerprint density at radius 1 is 1.19 bits per heavy atom. The predicted molar refractivity (Wildman–Crippen MR) is 87.8 cm³/mol. The Kier molecular flexibility index (Phi) is 7.62. The summed E-state index contributed by atoms with van der Waals surface area (Å²) in [7, 11) is 3.30. The monoisotopic (exact) mass is 290 g/mol. The van der Waals surface area contributed by atoms with Crippen LogP contribution in [-0.2, 0) is 0 Å². The lowest BCUT2D eigenvalue weighted by Crippen LogP contribution is -1.96. The minimum Gasteiger partial charge on any atom is -0.497 e. The highest BCUT2D eigenvalue weighted by atomic mass is 16.5. The molecule has 0 aliphatic rings. The third kappa shape index (κ3) is 6.50. The van der Waals surface area contributed by atoms with Crippen LogP contribution in [0.4, 0.5) is 0 Å². The molecule has 1 aromatic carbocycles. The van der Waals surface area contributed by atoms with Gasteiger partial charge >= 0.3 is 0 Å². The van der Waals surface area contributed by atoms with Gasteiger partial charge in [0, 0.05) is 12.7 Å². The van der Waals surface area contributed by atoms with E-state index < -0.39 is 0 Å². The molecule has 21 heavy (non-hydrogen) atoms. The van der Waals surface area contributed by atoms with Crippen LogP contribution in [0.25, 0.3) is 6.08 Å². The Morgan fingerprint density at radius 2 is 1.81 bits per heavy atom. The predicted octanol–water partition coefficient (Wildman–Crippen LogP) is 4.07. The van der Waals surface area contributed by atoms with Gasteiger partial charge in [0.15, 0.2) is 0 Å². The molecule has 3 heteroatoms. The van der Waals surface area contributed by atoms with Crippen molar-refractivity contribution in [2.24, 2.45) is 5.92 Å². The zero-order chi connectivity index (χ0) is 15.7. The van der Waals surface area contributed by atoms with Gasteiger partial charge in [-0.15, -0.1) is 0 Å². The van der Waals surface area contributed by atoms with E-state index in [1.807, 2.05) is 24.3 Å². The second kappa shape index (κ2) is 9.24. The summed E-state index contributed by atoms with van der Waals surface area (Å²) in [6, 6.07) is 5.80. The molecule has 0 spiro atoms. The summed E-state index contributed by atoms with van der Waals surface area (Å²) in [5, 5.41) is 8.89. The van der Waals surface area contributed by atoms with Gasteiger partial charge in [-0.05, 0) is 43.4 Å². The number of allylic oxidation sites excluding steroid dienone is 3. The zero-order valence-corrected chi connectivity index (χ0v) is 13.4. The van der Waals surface area contributed by atoms with Crippen molar-refractivity contribution in [3.63, 3.8) is 0 Å². The summed E-state index contributed by atoms with van der Waals surface area (Å²) >= 11 is 0. The fraction of sp³-hybridized carbons (Fsp3) is 0.444. The maximum atomic E-state index is 8.89. The SMILES string of the molecule is COc1cc(/C=C/C(C)=C/C[C@@H](C)CCO)cc(OC)c1. The van der Waals surface area contributed by atoms with Gasteiger partial charge in [0.1, 0.15) is 11.5 Å². The van der Waals surface area contributed by atoms with E-state index in [-0.39, 0.29) is 6.61 Å². The van der Waals surface area contributed by atoms with Crippen LogP contribution in [-0.4, -0.2) is 25.9 Å². The van der Waals surface area contributed by atoms with Crippen LogP contribution in [0.15, 0.2) is 35.9 Å². The molecule has 0 bridgehead atoms. The fourth-order valence-corrected chi connectivity index (χ4v) is 1.95. The molecule has 0 saturated heterocycles. The van der Waals surface area contributed by atoms with Crippen molar-refractivity contribution < 1.29 is 14.6 Å². The number of ether oxygens (including phenoxy) is 2. The van der Waals surface area contributed by atoms with Crippen LogP contribution in [0, 0.1) is 5.92 Å². The van der Waals surface area contributed by atoms with Gasteiger partial charge in [-0.1, -0.05) is 30.7 Å². The molecule has 0 saturated carbocycles. The molecular weight excluding hydrogens is 264 g/mol. The number of hydrogen-bond donors (Lipinski definition) is 1. The first-order chi connectivity index (χ1) is 10.1. The van der Waals surface area contributed by atoms with Gasteiger partial charge in [-0.2, -0.15) is 0 Å². The molecule has 0 aromatic heterocycles. The van der Waals surface area contributed by atoms with E-state index in [0.717, 1.165) is 29.9 Å². The minimum absolute atomic E-state index is 0.257. The van der Waals surface area contributed by atoms with E-state index in [0.29, 0.717) is 5.92 Å². The highest BCUT2D eigenvalue weighted by Crippen LogP contribution is 2.23. The van der Waals surface area contributed by atoms with Crippen molar-refractivity contribution >= 4 is 6.08 Å². The Morgan fingerprint density at radius 3 is 2.33 bits per heavy atom. The summed E-state index contributed by atoms with van der Waals surface area (Å²) in [6.45, 7) is 4.49. The number of benzene rings is 1. The molecule has 0 fully saturated rings. The highest BCUT2D eigenvalue weighted by molar-refractivity contribution is 5.57. The lowest BCUT2D eigenvalue weighted by Gasteiger charge is -2.06. The third-order valence-corrected chi connectivity index (χ3v) is 3.38. The topological polar surface area (TPSA) is 38.7 Å². The first-order valence-corrected chi connectivity index (χ1v) is 7.27. The fourth-order valence-electron chi connectivity index (χ4n) is 1.95. The van der Waals surface area contributed by atoms with E-state index in [1.54, 1.807) is 14.2 Å². The smallest absolute Gasteiger partial charge is 0.123 e. The summed E-state index contributed by atoms with van der Waals surface area (Å²) in [5.74, 6) is 2.08. The van der Waals surface area contributed by atoms with Crippen LogP contribution >= 0.6 is 0 Å². The molecule has 0 radical (unpaired) electrons. The van der Waals surface area contributed by atoms with E-state index in [9.17, 15) is 0 Å². The van der Waals surface area contributed by atoms with Gasteiger partial charge in [-0.3, -0.25) is 0 Å². The van der Waals surface area contributed by atoms with Crippen molar-refractivity contribution in [2.45, 2.75) is 26.7 Å². The van der Waals surface area contributed by atoms with Crippen LogP contribution in [0.1, 0.15) is 32.3 Å². The maximum absolute atomic E-state index is 8.89. The standard InChI is InChI=1S/C18H26O3/c1-14(5-6-15(2)9-10-19)7-8-16-11-17(20-3)13-18(12-16)21-4/h5,7-8,11-13,15,19H,6,9-10H2,1-4H3/b8-7+,14-5+/t15-/m1/s1. The Bertz CT molecular complexity index is 467. The molecule has 0 aliphatic heterocycles. The molecule has 1 atom stereocenters. The van der Waals surface area contributed by atoms with Crippen molar-refractivity contribution in [2.75, 3.05) is 20.8 Å². The van der Waals surface area contributed by atoms with E-state index >= 15 is 0 Å². The van der Waals surface area contributed by atoms with Crippen LogP contribution in [0.2, 0.25) is 0 Å². The van der Waals surface area contributed by atoms with E-state index in [4.69, 9.17) is 14.6 Å². The Hall–Kier alpha value is -1.74. The van der Waals surface area contributed by atoms with Gasteiger partial charge in [0.05, 0.1) is 14.2 Å². The third-order valence-electron chi connectivity index (χ3n) is 3.38. The quantitative estimate of drug-likeness (QED) is 0.733. The molecule has 1 rings (SSSR count). The number of methoxy groups -OCH3 is 2. The molecule has 0 amide bonds. The van der Waals surface area contributed by atoms with Crippen LogP contribution in [0.5, 0.6) is 11.5 Å². The van der Waals surface area contributed by atoms with Gasteiger partial charge < -0.3 is 14.6 Å². The maximum Gasteiger partial charge on any atom is 0.123 e. The first-order valence-electron chi connectivity index (χ1n) is 7.27. The molecule has 3 nitrogen and oxygen atoms in total. The summed E-state index contributed by atoms with van der Waals surface area (Å²) in [5.41, 5.74) is 2.25. The molecule has 0 heterocycles. The Balaban J connectivity index is 2.72. The van der Waals surface area contributed by atoms with Crippen LogP contribution in [0.3, 0.4) is 0 Å². The summed E-state index contributed by atoms with van der Waals surface area (Å²) < 4.78 is 10.5. The number of aliphatic hydroxyl groups excluding tert-OH is 1. The van der Waals surface area contributed by atoms with Crippen molar-refractivity contribution in [1.82, 2.24) is 0 Å². The highest BCUT2D eigenvalue weighted by Gasteiger charge is 2.00. The normalized spacial score (nSPS) is 13.5. The van der Waals surface area contributed by atoms with Crippen molar-refractivity contribution in [3.8, 4) is 11.5 Å². The number of rotatable bonds is 8. The lowest BCUT2D eigenvalue weighted by molar-refractivity contribution is 0.263. The molecule has 1 aromatic rings. The largest absolute Gasteiger partial charge is 0.497 e. The number of aliphatic hydroxyl groups is 1. The first kappa shape index (κ1) is 17.3. The molecular formula is C18H26O3. The zero-order valence-electron chi connectivity index (χ0n) is 13.4. The average Bonchev–Trinajstić information content (AvgIpc) is 2.50. The lowest BCUT2D eigenvalue weighted by atomic mass is 10.0. The molecule has 0 unspecified atom stereocenters. The van der Waals surface area contributed by atoms with Crippen molar-refractivity contribution in [1.29, 1.82) is 0 Å². The molecule has 0 aliphatic carbocycles. The van der Waals surface area contributed by atoms with E-state index in [1.165, 1.54) is 5.57 Å². The van der Waals surface area contributed by atoms with Crippen molar-refractivity contribution in [3.05, 3.63) is 41.5 Å². The number of hydrogen-bond acceptors (Lipinski definition) is 3.